The Morgan fingerprint density at radius 3 is 2.65 bits per heavy atom. The molecule has 1 aliphatic carbocycles. The van der Waals surface area contributed by atoms with Crippen LogP contribution in [0.5, 0.6) is 0 Å². The van der Waals surface area contributed by atoms with Gasteiger partial charge in [-0.2, -0.15) is 0 Å². The summed E-state index contributed by atoms with van der Waals surface area (Å²) in [7, 11) is 0. The third kappa shape index (κ3) is 2.38. The van der Waals surface area contributed by atoms with Crippen LogP contribution in [-0.4, -0.2) is 19.1 Å². The van der Waals surface area contributed by atoms with Crippen molar-refractivity contribution in [3.63, 3.8) is 0 Å². The van der Waals surface area contributed by atoms with Crippen LogP contribution in [0.25, 0.3) is 0 Å². The molecule has 92 valence electrons. The van der Waals surface area contributed by atoms with E-state index in [0.29, 0.717) is 11.6 Å². The maximum atomic E-state index is 3.91. The summed E-state index contributed by atoms with van der Waals surface area (Å²) in [5.74, 6) is 0. The molecule has 2 aliphatic rings. The van der Waals surface area contributed by atoms with Gasteiger partial charge >= 0.3 is 0 Å². The molecule has 1 saturated heterocycles. The van der Waals surface area contributed by atoms with E-state index >= 15 is 0 Å². The van der Waals surface area contributed by atoms with Crippen molar-refractivity contribution in [2.45, 2.75) is 44.2 Å². The Kier molecular flexibility index (Phi) is 2.93. The van der Waals surface area contributed by atoms with Crippen LogP contribution in [0.4, 0.5) is 0 Å². The third-order valence-corrected chi connectivity index (χ3v) is 4.14. The van der Waals surface area contributed by atoms with Crippen molar-refractivity contribution in [3.05, 3.63) is 35.4 Å². The Hall–Kier alpha value is -0.860. The number of benzene rings is 1. The van der Waals surface area contributed by atoms with Crippen LogP contribution in [0.2, 0.25) is 0 Å². The largest absolute Gasteiger partial charge is 0.317 e. The van der Waals surface area contributed by atoms with Crippen molar-refractivity contribution in [1.29, 1.82) is 0 Å². The molecule has 0 radical (unpaired) electrons. The van der Waals surface area contributed by atoms with Gasteiger partial charge in [-0.25, -0.2) is 0 Å². The number of rotatable bonds is 3. The van der Waals surface area contributed by atoms with Crippen molar-refractivity contribution >= 4 is 0 Å². The first-order chi connectivity index (χ1) is 8.28. The minimum atomic E-state index is 0.314. The van der Waals surface area contributed by atoms with Crippen molar-refractivity contribution in [3.8, 4) is 0 Å². The monoisotopic (exact) mass is 230 g/mol. The van der Waals surface area contributed by atoms with Crippen molar-refractivity contribution in [2.24, 2.45) is 0 Å². The molecular formula is C15H22N2. The van der Waals surface area contributed by atoms with Gasteiger partial charge in [0.2, 0.25) is 0 Å². The summed E-state index contributed by atoms with van der Waals surface area (Å²) in [6.45, 7) is 4.52. The van der Waals surface area contributed by atoms with Crippen LogP contribution in [-0.2, 0) is 5.54 Å². The first kappa shape index (κ1) is 11.2. The summed E-state index contributed by atoms with van der Waals surface area (Å²) in [4.78, 5) is 0. The molecule has 1 heterocycles. The second-order valence-corrected chi connectivity index (χ2v) is 5.62. The molecule has 2 heteroatoms. The van der Waals surface area contributed by atoms with E-state index in [-0.39, 0.29) is 0 Å². The average Bonchev–Trinajstić information content (AvgIpc) is 3.11. The van der Waals surface area contributed by atoms with Gasteiger partial charge in [0.15, 0.2) is 0 Å². The maximum absolute atomic E-state index is 3.91. The van der Waals surface area contributed by atoms with Crippen molar-refractivity contribution < 1.29 is 0 Å². The van der Waals surface area contributed by atoms with Gasteiger partial charge in [0.25, 0.3) is 0 Å². The molecule has 1 saturated carbocycles. The van der Waals surface area contributed by atoms with Gasteiger partial charge in [-0.05, 0) is 51.3 Å². The van der Waals surface area contributed by atoms with Crippen LogP contribution in [0.3, 0.4) is 0 Å². The highest BCUT2D eigenvalue weighted by atomic mass is 15.1. The average molecular weight is 230 g/mol. The number of piperidine rings is 1. The highest BCUT2D eigenvalue weighted by Gasteiger charge is 2.45. The van der Waals surface area contributed by atoms with Gasteiger partial charge in [-0.1, -0.05) is 29.8 Å². The molecule has 2 fully saturated rings. The molecule has 3 rings (SSSR count). The van der Waals surface area contributed by atoms with E-state index in [1.54, 1.807) is 0 Å². The third-order valence-electron chi connectivity index (χ3n) is 4.14. The molecule has 17 heavy (non-hydrogen) atoms. The van der Waals surface area contributed by atoms with Gasteiger partial charge in [-0.3, -0.25) is 0 Å². The summed E-state index contributed by atoms with van der Waals surface area (Å²) in [5.41, 5.74) is 3.19. The molecular weight excluding hydrogens is 208 g/mol. The van der Waals surface area contributed by atoms with E-state index in [1.807, 2.05) is 0 Å². The summed E-state index contributed by atoms with van der Waals surface area (Å²) < 4.78 is 0. The minimum Gasteiger partial charge on any atom is -0.317 e. The zero-order valence-corrected chi connectivity index (χ0v) is 10.6. The number of hydrogen-bond acceptors (Lipinski definition) is 2. The van der Waals surface area contributed by atoms with Crippen LogP contribution in [0, 0.1) is 6.92 Å². The number of nitrogens with one attached hydrogen (secondary N) is 2. The summed E-state index contributed by atoms with van der Waals surface area (Å²) in [6, 6.07) is 9.72. The van der Waals surface area contributed by atoms with Crippen molar-refractivity contribution in [1.82, 2.24) is 10.6 Å². The summed E-state index contributed by atoms with van der Waals surface area (Å²) >= 11 is 0. The normalized spacial score (nSPS) is 23.6. The van der Waals surface area contributed by atoms with Crippen LogP contribution in [0.15, 0.2) is 24.3 Å². The maximum Gasteiger partial charge on any atom is 0.0438 e. The fourth-order valence-corrected chi connectivity index (χ4v) is 2.94. The molecule has 0 spiro atoms. The van der Waals surface area contributed by atoms with E-state index in [1.165, 1.54) is 49.9 Å². The van der Waals surface area contributed by atoms with Gasteiger partial charge in [0, 0.05) is 11.6 Å². The molecule has 1 aromatic carbocycles. The SMILES string of the molecule is Cc1cccc(C2(NC3CCNCC3)CC2)c1. The van der Waals surface area contributed by atoms with Gasteiger partial charge < -0.3 is 10.6 Å². The van der Waals surface area contributed by atoms with Crippen LogP contribution < -0.4 is 10.6 Å². The molecule has 0 amide bonds. The molecule has 1 aliphatic heterocycles. The lowest BCUT2D eigenvalue weighted by Crippen LogP contribution is -2.44. The minimum absolute atomic E-state index is 0.314. The van der Waals surface area contributed by atoms with Crippen LogP contribution in [0.1, 0.15) is 36.8 Å². The van der Waals surface area contributed by atoms with Gasteiger partial charge in [-0.15, -0.1) is 0 Å². The zero-order chi connectivity index (χ0) is 11.7. The first-order valence-electron chi connectivity index (χ1n) is 6.84. The van der Waals surface area contributed by atoms with E-state index < -0.39 is 0 Å². The van der Waals surface area contributed by atoms with Gasteiger partial charge in [0.05, 0.1) is 0 Å². The van der Waals surface area contributed by atoms with E-state index in [4.69, 9.17) is 0 Å². The number of hydrogen-bond donors (Lipinski definition) is 2. The molecule has 2 nitrogen and oxygen atoms in total. The van der Waals surface area contributed by atoms with Crippen molar-refractivity contribution in [2.75, 3.05) is 13.1 Å². The van der Waals surface area contributed by atoms with E-state index in [0.717, 1.165) is 0 Å². The standard InChI is InChI=1S/C15H22N2/c1-12-3-2-4-13(11-12)15(7-8-15)17-14-5-9-16-10-6-14/h2-4,11,14,16-17H,5-10H2,1H3. The zero-order valence-electron chi connectivity index (χ0n) is 10.6. The lowest BCUT2D eigenvalue weighted by molar-refractivity contribution is 0.339. The highest BCUT2D eigenvalue weighted by molar-refractivity contribution is 5.33. The second-order valence-electron chi connectivity index (χ2n) is 5.62. The van der Waals surface area contributed by atoms with Crippen LogP contribution >= 0.6 is 0 Å². The number of aryl methyl sites for hydroxylation is 1. The Morgan fingerprint density at radius 2 is 2.00 bits per heavy atom. The summed E-state index contributed by atoms with van der Waals surface area (Å²) in [5, 5.41) is 7.34. The Balaban J connectivity index is 1.73. The predicted octanol–water partition coefficient (Wildman–Crippen LogP) is 2.33. The fraction of sp³-hybridized carbons (Fsp3) is 0.600. The van der Waals surface area contributed by atoms with Gasteiger partial charge in [0.1, 0.15) is 0 Å². The second kappa shape index (κ2) is 4.43. The Labute approximate surface area is 104 Å². The topological polar surface area (TPSA) is 24.1 Å². The molecule has 0 atom stereocenters. The molecule has 0 bridgehead atoms. The lowest BCUT2D eigenvalue weighted by Gasteiger charge is -2.29. The predicted molar refractivity (Wildman–Crippen MR) is 71.1 cm³/mol. The van der Waals surface area contributed by atoms with E-state index in [2.05, 4.69) is 41.8 Å². The molecule has 0 unspecified atom stereocenters. The molecule has 0 aromatic heterocycles. The smallest absolute Gasteiger partial charge is 0.0438 e. The molecule has 2 N–H and O–H groups in total. The lowest BCUT2D eigenvalue weighted by atomic mass is 9.99. The quantitative estimate of drug-likeness (QED) is 0.833. The first-order valence-corrected chi connectivity index (χ1v) is 6.84. The van der Waals surface area contributed by atoms with E-state index in [9.17, 15) is 0 Å². The Morgan fingerprint density at radius 1 is 1.24 bits per heavy atom. The highest BCUT2D eigenvalue weighted by Crippen LogP contribution is 2.46. The fourth-order valence-electron chi connectivity index (χ4n) is 2.94. The molecule has 1 aromatic rings. The summed E-state index contributed by atoms with van der Waals surface area (Å²) in [6.07, 6.45) is 5.15. The Bertz CT molecular complexity index is 390.